The molecular formula is C27H43N3O6S. The molecule has 1 aliphatic rings. The normalized spacial score (nSPS) is 20.3. The molecule has 37 heavy (non-hydrogen) atoms. The van der Waals surface area contributed by atoms with Crippen molar-refractivity contribution >= 4 is 30.6 Å². The van der Waals surface area contributed by atoms with Gasteiger partial charge in [-0.15, -0.1) is 0 Å². The highest BCUT2D eigenvalue weighted by molar-refractivity contribution is 7.80. The molecule has 0 spiro atoms. The summed E-state index contributed by atoms with van der Waals surface area (Å²) in [6, 6.07) is 9.21. The predicted octanol–water partition coefficient (Wildman–Crippen LogP) is 3.87. The van der Waals surface area contributed by atoms with E-state index in [0.717, 1.165) is 24.8 Å². The number of cyclic esters (lactones) is 1. The van der Waals surface area contributed by atoms with Crippen LogP contribution in [0.25, 0.3) is 0 Å². The lowest BCUT2D eigenvalue weighted by Crippen LogP contribution is -2.68. The van der Waals surface area contributed by atoms with Crippen LogP contribution in [0.15, 0.2) is 30.3 Å². The van der Waals surface area contributed by atoms with Crippen molar-refractivity contribution in [3.8, 4) is 0 Å². The highest BCUT2D eigenvalue weighted by atomic mass is 32.1. The number of carbonyl (C=O) groups excluding carboxylic acids is 3. The van der Waals surface area contributed by atoms with Crippen molar-refractivity contribution in [3.05, 3.63) is 35.9 Å². The second kappa shape index (κ2) is 14.6. The molecule has 2 N–H and O–H groups in total. The summed E-state index contributed by atoms with van der Waals surface area (Å²) < 4.78 is 10.8. The number of hydroxylamine groups is 2. The van der Waals surface area contributed by atoms with E-state index in [0.29, 0.717) is 13.0 Å². The Balaban J connectivity index is 2.24. The van der Waals surface area contributed by atoms with Crippen LogP contribution < -0.4 is 10.6 Å². The second-order valence-electron chi connectivity index (χ2n) is 10.4. The minimum Gasteiger partial charge on any atom is -0.462 e. The van der Waals surface area contributed by atoms with E-state index in [1.165, 1.54) is 5.06 Å². The van der Waals surface area contributed by atoms with Crippen LogP contribution in [0.1, 0.15) is 65.9 Å². The number of thiol groups is 1. The van der Waals surface area contributed by atoms with E-state index >= 15 is 0 Å². The standard InChI is InChI=1S/C27H43N3O6S/c1-6-7-11-16-35-30(23(31)15-14-21-12-9-8-10-13-21)27(20(2)18-34-24(27)32)28-17-22(19-37)29-25(33)36-26(3,4)5/h8-10,12-13,20,22,28,37H,6-7,11,14-19H2,1-5H3,(H,29,33)/t20-,22?,27-/m1/s1. The van der Waals surface area contributed by atoms with Crippen molar-refractivity contribution in [2.24, 2.45) is 5.92 Å². The maximum atomic E-state index is 13.6. The van der Waals surface area contributed by atoms with Crippen LogP contribution in [0.4, 0.5) is 4.79 Å². The number of aryl methyl sites for hydroxylation is 1. The fraction of sp³-hybridized carbons (Fsp3) is 0.667. The van der Waals surface area contributed by atoms with E-state index in [4.69, 9.17) is 14.3 Å². The number of nitrogens with zero attached hydrogens (tertiary/aromatic N) is 1. The van der Waals surface area contributed by atoms with Crippen LogP contribution >= 0.6 is 12.6 Å². The van der Waals surface area contributed by atoms with E-state index in [-0.39, 0.29) is 31.2 Å². The molecule has 10 heteroatoms. The highest BCUT2D eigenvalue weighted by Gasteiger charge is 2.57. The van der Waals surface area contributed by atoms with Gasteiger partial charge >= 0.3 is 12.1 Å². The van der Waals surface area contributed by atoms with Crippen LogP contribution in [0, 0.1) is 5.92 Å². The maximum Gasteiger partial charge on any atom is 0.407 e. The molecular weight excluding hydrogens is 494 g/mol. The fourth-order valence-electron chi connectivity index (χ4n) is 4.02. The van der Waals surface area contributed by atoms with Crippen LogP contribution in [-0.2, 0) is 30.3 Å². The summed E-state index contributed by atoms with van der Waals surface area (Å²) >= 11 is 4.36. The summed E-state index contributed by atoms with van der Waals surface area (Å²) in [5.74, 6) is -1.01. The Hall–Kier alpha value is -2.30. The molecule has 1 heterocycles. The molecule has 2 amide bonds. The van der Waals surface area contributed by atoms with Crippen LogP contribution in [0.5, 0.6) is 0 Å². The molecule has 0 aromatic heterocycles. The Kier molecular flexibility index (Phi) is 12.2. The van der Waals surface area contributed by atoms with Crippen LogP contribution in [0.2, 0.25) is 0 Å². The summed E-state index contributed by atoms with van der Waals surface area (Å²) in [6.07, 6.45) is 2.76. The van der Waals surface area contributed by atoms with Gasteiger partial charge in [-0.1, -0.05) is 57.0 Å². The third kappa shape index (κ3) is 9.19. The van der Waals surface area contributed by atoms with E-state index in [2.05, 4.69) is 30.2 Å². The van der Waals surface area contributed by atoms with Gasteiger partial charge in [-0.05, 0) is 39.2 Å². The van der Waals surface area contributed by atoms with Gasteiger partial charge in [-0.3, -0.25) is 14.9 Å². The first kappa shape index (κ1) is 30.9. The molecule has 208 valence electrons. The molecule has 2 rings (SSSR count). The Bertz CT molecular complexity index is 879. The number of hydrogen-bond acceptors (Lipinski definition) is 8. The van der Waals surface area contributed by atoms with Crippen molar-refractivity contribution in [1.29, 1.82) is 0 Å². The van der Waals surface area contributed by atoms with Crippen LogP contribution in [0.3, 0.4) is 0 Å². The Labute approximate surface area is 226 Å². The summed E-state index contributed by atoms with van der Waals surface area (Å²) in [4.78, 5) is 45.1. The second-order valence-corrected chi connectivity index (χ2v) is 10.8. The largest absolute Gasteiger partial charge is 0.462 e. The van der Waals surface area contributed by atoms with Gasteiger partial charge in [0, 0.05) is 24.6 Å². The first-order chi connectivity index (χ1) is 17.5. The molecule has 0 aliphatic carbocycles. The zero-order valence-corrected chi connectivity index (χ0v) is 23.6. The van der Waals surface area contributed by atoms with E-state index in [9.17, 15) is 14.4 Å². The number of esters is 1. The third-order valence-electron chi connectivity index (χ3n) is 6.03. The van der Waals surface area contributed by atoms with Crippen molar-refractivity contribution in [3.63, 3.8) is 0 Å². The number of benzene rings is 1. The van der Waals surface area contributed by atoms with Crippen molar-refractivity contribution < 1.29 is 28.7 Å². The van der Waals surface area contributed by atoms with Gasteiger partial charge in [-0.25, -0.2) is 9.59 Å². The summed E-state index contributed by atoms with van der Waals surface area (Å²) in [6.45, 7) is 9.82. The molecule has 1 aliphatic heterocycles. The van der Waals surface area contributed by atoms with Gasteiger partial charge in [0.2, 0.25) is 11.6 Å². The van der Waals surface area contributed by atoms with Gasteiger partial charge in [0.15, 0.2) is 0 Å². The zero-order valence-electron chi connectivity index (χ0n) is 22.7. The smallest absolute Gasteiger partial charge is 0.407 e. The summed E-state index contributed by atoms with van der Waals surface area (Å²) in [7, 11) is 0. The molecule has 1 fully saturated rings. The van der Waals surface area contributed by atoms with Crippen molar-refractivity contribution in [2.45, 2.75) is 84.0 Å². The average molecular weight is 538 g/mol. The van der Waals surface area contributed by atoms with Gasteiger partial charge in [0.05, 0.1) is 19.3 Å². The highest BCUT2D eigenvalue weighted by Crippen LogP contribution is 2.32. The number of nitrogens with one attached hydrogen (secondary N) is 2. The van der Waals surface area contributed by atoms with Gasteiger partial charge in [-0.2, -0.15) is 17.7 Å². The lowest BCUT2D eigenvalue weighted by Gasteiger charge is -2.40. The van der Waals surface area contributed by atoms with Crippen molar-refractivity contribution in [1.82, 2.24) is 15.7 Å². The number of ether oxygens (including phenoxy) is 2. The minimum absolute atomic E-state index is 0.137. The number of hydrogen-bond donors (Lipinski definition) is 3. The molecule has 3 atom stereocenters. The molecule has 1 saturated heterocycles. The van der Waals surface area contributed by atoms with Crippen molar-refractivity contribution in [2.75, 3.05) is 25.5 Å². The molecule has 1 unspecified atom stereocenters. The van der Waals surface area contributed by atoms with E-state index < -0.39 is 35.3 Å². The monoisotopic (exact) mass is 537 g/mol. The van der Waals surface area contributed by atoms with E-state index in [1.807, 2.05) is 37.3 Å². The van der Waals surface area contributed by atoms with Gasteiger partial charge in [0.1, 0.15) is 5.60 Å². The first-order valence-corrected chi connectivity index (χ1v) is 13.7. The average Bonchev–Trinajstić information content (AvgIpc) is 3.13. The topological polar surface area (TPSA) is 106 Å². The summed E-state index contributed by atoms with van der Waals surface area (Å²) in [5.41, 5.74) is -1.17. The number of amides is 2. The van der Waals surface area contributed by atoms with Crippen LogP contribution in [-0.4, -0.2) is 65.9 Å². The predicted molar refractivity (Wildman–Crippen MR) is 145 cm³/mol. The molecule has 0 saturated carbocycles. The molecule has 1 aromatic carbocycles. The van der Waals surface area contributed by atoms with Gasteiger partial charge in [0.25, 0.3) is 0 Å². The molecule has 0 bridgehead atoms. The SMILES string of the molecule is CCCCCON(C(=O)CCc1ccccc1)[C@@]1(NCC(CS)NC(=O)OC(C)(C)C)C(=O)OC[C@H]1C. The van der Waals surface area contributed by atoms with E-state index in [1.54, 1.807) is 20.8 Å². The molecule has 9 nitrogen and oxygen atoms in total. The number of unbranched alkanes of at least 4 members (excludes halogenated alkanes) is 2. The maximum absolute atomic E-state index is 13.6. The third-order valence-corrected chi connectivity index (χ3v) is 6.47. The lowest BCUT2D eigenvalue weighted by molar-refractivity contribution is -0.234. The number of carbonyl (C=O) groups is 3. The number of alkyl carbamates (subject to hydrolysis) is 1. The number of rotatable bonds is 14. The summed E-state index contributed by atoms with van der Waals surface area (Å²) in [5, 5.41) is 7.18. The first-order valence-electron chi connectivity index (χ1n) is 13.1. The minimum atomic E-state index is -1.53. The lowest BCUT2D eigenvalue weighted by atomic mass is 9.95. The quantitative estimate of drug-likeness (QED) is 0.109. The molecule has 1 aromatic rings. The Morgan fingerprint density at radius 2 is 1.95 bits per heavy atom. The Morgan fingerprint density at radius 1 is 1.24 bits per heavy atom. The Morgan fingerprint density at radius 3 is 2.51 bits per heavy atom. The van der Waals surface area contributed by atoms with Gasteiger partial charge < -0.3 is 14.8 Å². The zero-order chi connectivity index (χ0) is 27.5. The fourth-order valence-corrected chi connectivity index (χ4v) is 4.24. The molecule has 0 radical (unpaired) electrons.